The molecule has 0 atom stereocenters. The molecular formula is C17H21NO2. The van der Waals surface area contributed by atoms with Crippen molar-refractivity contribution in [2.45, 2.75) is 13.5 Å². The maximum atomic E-state index is 5.73. The van der Waals surface area contributed by atoms with Crippen molar-refractivity contribution in [2.24, 2.45) is 0 Å². The predicted molar refractivity (Wildman–Crippen MR) is 82.3 cm³/mol. The molecule has 3 nitrogen and oxygen atoms in total. The molecule has 0 bridgehead atoms. The van der Waals surface area contributed by atoms with E-state index in [0.29, 0.717) is 13.2 Å². The number of aryl methyl sites for hydroxylation is 1. The minimum absolute atomic E-state index is 0.610. The van der Waals surface area contributed by atoms with Crippen LogP contribution in [-0.4, -0.2) is 20.3 Å². The molecule has 0 radical (unpaired) electrons. The Morgan fingerprint density at radius 1 is 1.05 bits per heavy atom. The van der Waals surface area contributed by atoms with Crippen LogP contribution in [0.5, 0.6) is 5.75 Å². The molecule has 0 spiro atoms. The first-order valence-electron chi connectivity index (χ1n) is 6.79. The fourth-order valence-electron chi connectivity index (χ4n) is 2.01. The largest absolute Gasteiger partial charge is 0.492 e. The van der Waals surface area contributed by atoms with Gasteiger partial charge in [-0.15, -0.1) is 0 Å². The van der Waals surface area contributed by atoms with Gasteiger partial charge in [0.25, 0.3) is 0 Å². The summed E-state index contributed by atoms with van der Waals surface area (Å²) in [5.74, 6) is 0.880. The zero-order valence-corrected chi connectivity index (χ0v) is 12.1. The predicted octanol–water partition coefficient (Wildman–Crippen LogP) is 3.63. The summed E-state index contributed by atoms with van der Waals surface area (Å²) in [6.45, 7) is 4.10. The van der Waals surface area contributed by atoms with Crippen LogP contribution in [0.25, 0.3) is 0 Å². The van der Waals surface area contributed by atoms with Crippen molar-refractivity contribution in [3.63, 3.8) is 0 Å². The third kappa shape index (κ3) is 4.59. The third-order valence-electron chi connectivity index (χ3n) is 2.93. The van der Waals surface area contributed by atoms with Gasteiger partial charge >= 0.3 is 0 Å². The van der Waals surface area contributed by atoms with Crippen LogP contribution in [0.15, 0.2) is 48.5 Å². The van der Waals surface area contributed by atoms with Gasteiger partial charge < -0.3 is 14.8 Å². The van der Waals surface area contributed by atoms with E-state index in [2.05, 4.69) is 30.4 Å². The highest BCUT2D eigenvalue weighted by Gasteiger charge is 1.97. The number of hydrogen-bond donors (Lipinski definition) is 1. The maximum absolute atomic E-state index is 5.73. The fourth-order valence-corrected chi connectivity index (χ4v) is 2.01. The minimum Gasteiger partial charge on any atom is -0.492 e. The Kier molecular flexibility index (Phi) is 5.44. The van der Waals surface area contributed by atoms with Crippen molar-refractivity contribution in [1.29, 1.82) is 0 Å². The molecule has 0 aromatic heterocycles. The lowest BCUT2D eigenvalue weighted by Gasteiger charge is -2.10. The highest BCUT2D eigenvalue weighted by molar-refractivity contribution is 5.45. The van der Waals surface area contributed by atoms with E-state index in [1.807, 2.05) is 30.3 Å². The Bertz CT molecular complexity index is 540. The molecule has 106 valence electrons. The Morgan fingerprint density at radius 3 is 2.70 bits per heavy atom. The van der Waals surface area contributed by atoms with Crippen molar-refractivity contribution in [1.82, 2.24) is 0 Å². The number of ether oxygens (including phenoxy) is 2. The van der Waals surface area contributed by atoms with Gasteiger partial charge in [-0.3, -0.25) is 0 Å². The maximum Gasteiger partial charge on any atom is 0.119 e. The first-order chi connectivity index (χ1) is 9.78. The van der Waals surface area contributed by atoms with Gasteiger partial charge in [-0.05, 0) is 42.3 Å². The number of anilines is 1. The SMILES string of the molecule is COCc1cccc(OCCNc2cccc(C)c2)c1. The van der Waals surface area contributed by atoms with Gasteiger partial charge in [-0.25, -0.2) is 0 Å². The van der Waals surface area contributed by atoms with Crippen LogP contribution in [0.4, 0.5) is 5.69 Å². The topological polar surface area (TPSA) is 30.5 Å². The Balaban J connectivity index is 1.77. The van der Waals surface area contributed by atoms with E-state index in [1.165, 1.54) is 5.56 Å². The molecule has 0 fully saturated rings. The molecule has 2 aromatic rings. The summed E-state index contributed by atoms with van der Waals surface area (Å²) in [5, 5.41) is 3.35. The zero-order chi connectivity index (χ0) is 14.2. The van der Waals surface area contributed by atoms with Crippen LogP contribution >= 0.6 is 0 Å². The molecule has 2 aromatic carbocycles. The fraction of sp³-hybridized carbons (Fsp3) is 0.294. The molecule has 2 rings (SSSR count). The van der Waals surface area contributed by atoms with Gasteiger partial charge in [0.2, 0.25) is 0 Å². The average Bonchev–Trinajstić information content (AvgIpc) is 2.45. The second-order valence-corrected chi connectivity index (χ2v) is 4.73. The smallest absolute Gasteiger partial charge is 0.119 e. The lowest BCUT2D eigenvalue weighted by molar-refractivity contribution is 0.184. The van der Waals surface area contributed by atoms with E-state index in [0.717, 1.165) is 23.5 Å². The molecule has 0 unspecified atom stereocenters. The normalized spacial score (nSPS) is 10.3. The second-order valence-electron chi connectivity index (χ2n) is 4.73. The van der Waals surface area contributed by atoms with E-state index >= 15 is 0 Å². The van der Waals surface area contributed by atoms with Gasteiger partial charge in [0.15, 0.2) is 0 Å². The Labute approximate surface area is 120 Å². The summed E-state index contributed by atoms with van der Waals surface area (Å²) in [7, 11) is 1.69. The molecule has 0 aliphatic carbocycles. The summed E-state index contributed by atoms with van der Waals surface area (Å²) in [6, 6.07) is 16.3. The Morgan fingerprint density at radius 2 is 1.90 bits per heavy atom. The van der Waals surface area contributed by atoms with E-state index in [4.69, 9.17) is 9.47 Å². The van der Waals surface area contributed by atoms with Gasteiger partial charge in [-0.2, -0.15) is 0 Å². The molecule has 20 heavy (non-hydrogen) atoms. The van der Waals surface area contributed by atoms with Crippen LogP contribution in [0.1, 0.15) is 11.1 Å². The van der Waals surface area contributed by atoms with Crippen LogP contribution < -0.4 is 10.1 Å². The molecule has 0 amide bonds. The molecule has 0 saturated heterocycles. The summed E-state index contributed by atoms with van der Waals surface area (Å²) < 4.78 is 10.8. The van der Waals surface area contributed by atoms with Gasteiger partial charge in [-0.1, -0.05) is 24.3 Å². The first-order valence-corrected chi connectivity index (χ1v) is 6.79. The van der Waals surface area contributed by atoms with Crippen molar-refractivity contribution in [3.8, 4) is 5.75 Å². The van der Waals surface area contributed by atoms with Crippen molar-refractivity contribution >= 4 is 5.69 Å². The van der Waals surface area contributed by atoms with Crippen LogP contribution in [0.3, 0.4) is 0 Å². The quantitative estimate of drug-likeness (QED) is 0.780. The summed E-state index contributed by atoms with van der Waals surface area (Å²) in [5.41, 5.74) is 3.50. The van der Waals surface area contributed by atoms with Crippen molar-refractivity contribution in [2.75, 3.05) is 25.6 Å². The first kappa shape index (κ1) is 14.4. The molecule has 0 heterocycles. The highest BCUT2D eigenvalue weighted by Crippen LogP contribution is 2.14. The lowest BCUT2D eigenvalue weighted by atomic mass is 10.2. The molecule has 1 N–H and O–H groups in total. The second kappa shape index (κ2) is 7.56. The number of methoxy groups -OCH3 is 1. The zero-order valence-electron chi connectivity index (χ0n) is 12.1. The van der Waals surface area contributed by atoms with Crippen molar-refractivity contribution < 1.29 is 9.47 Å². The minimum atomic E-state index is 0.610. The third-order valence-corrected chi connectivity index (χ3v) is 2.93. The number of nitrogens with one attached hydrogen (secondary N) is 1. The standard InChI is InChI=1S/C17H21NO2/c1-14-5-3-7-16(11-14)18-9-10-20-17-8-4-6-15(12-17)13-19-2/h3-8,11-12,18H,9-10,13H2,1-2H3. The van der Waals surface area contributed by atoms with Gasteiger partial charge in [0, 0.05) is 19.3 Å². The summed E-state index contributed by atoms with van der Waals surface area (Å²) in [4.78, 5) is 0. The van der Waals surface area contributed by atoms with Crippen LogP contribution in [0.2, 0.25) is 0 Å². The van der Waals surface area contributed by atoms with Crippen LogP contribution in [0, 0.1) is 6.92 Å². The van der Waals surface area contributed by atoms with E-state index in [9.17, 15) is 0 Å². The average molecular weight is 271 g/mol. The Hall–Kier alpha value is -2.00. The monoisotopic (exact) mass is 271 g/mol. The van der Waals surface area contributed by atoms with Gasteiger partial charge in [0.05, 0.1) is 6.61 Å². The summed E-state index contributed by atoms with van der Waals surface area (Å²) >= 11 is 0. The van der Waals surface area contributed by atoms with Crippen molar-refractivity contribution in [3.05, 3.63) is 59.7 Å². The van der Waals surface area contributed by atoms with Gasteiger partial charge in [0.1, 0.15) is 12.4 Å². The number of benzene rings is 2. The highest BCUT2D eigenvalue weighted by atomic mass is 16.5. The van der Waals surface area contributed by atoms with E-state index in [-0.39, 0.29) is 0 Å². The summed E-state index contributed by atoms with van der Waals surface area (Å²) in [6.07, 6.45) is 0. The van der Waals surface area contributed by atoms with E-state index in [1.54, 1.807) is 7.11 Å². The molecule has 0 aliphatic heterocycles. The molecule has 0 aliphatic rings. The number of hydrogen-bond acceptors (Lipinski definition) is 3. The molecular weight excluding hydrogens is 250 g/mol. The molecule has 3 heteroatoms. The number of rotatable bonds is 7. The lowest BCUT2D eigenvalue weighted by Crippen LogP contribution is -2.11. The molecule has 0 saturated carbocycles. The van der Waals surface area contributed by atoms with E-state index < -0.39 is 0 Å². The van der Waals surface area contributed by atoms with Crippen LogP contribution in [-0.2, 0) is 11.3 Å².